The van der Waals surface area contributed by atoms with E-state index in [9.17, 15) is 9.59 Å². The second kappa shape index (κ2) is 9.00. The summed E-state index contributed by atoms with van der Waals surface area (Å²) in [6, 6.07) is 13.6. The normalized spacial score (nSPS) is 14.2. The van der Waals surface area contributed by atoms with Gasteiger partial charge in [-0.15, -0.1) is 0 Å². The molecular formula is C21H23N5O2S. The van der Waals surface area contributed by atoms with Gasteiger partial charge < -0.3 is 15.1 Å². The SMILES string of the molecule is O=C(CCC(=O)N1CCN(c2nc3cccnc3s2)CC1)NCc1ccccc1. The van der Waals surface area contributed by atoms with Crippen LogP contribution < -0.4 is 10.2 Å². The lowest BCUT2D eigenvalue weighted by Crippen LogP contribution is -2.48. The third-order valence-corrected chi connectivity index (χ3v) is 6.00. The van der Waals surface area contributed by atoms with Crippen LogP contribution in [0.2, 0.25) is 0 Å². The molecule has 1 aromatic carbocycles. The minimum Gasteiger partial charge on any atom is -0.352 e. The van der Waals surface area contributed by atoms with Gasteiger partial charge in [0.05, 0.1) is 0 Å². The molecule has 3 aromatic rings. The van der Waals surface area contributed by atoms with Gasteiger partial charge in [-0.1, -0.05) is 41.7 Å². The Morgan fingerprint density at radius 1 is 1.00 bits per heavy atom. The topological polar surface area (TPSA) is 78.4 Å². The van der Waals surface area contributed by atoms with Crippen molar-refractivity contribution in [3.63, 3.8) is 0 Å². The maximum Gasteiger partial charge on any atom is 0.223 e. The molecule has 0 aliphatic carbocycles. The van der Waals surface area contributed by atoms with Crippen LogP contribution in [0.4, 0.5) is 5.13 Å². The number of benzene rings is 1. The largest absolute Gasteiger partial charge is 0.352 e. The van der Waals surface area contributed by atoms with Gasteiger partial charge in [0.25, 0.3) is 0 Å². The first-order valence-electron chi connectivity index (χ1n) is 9.74. The lowest BCUT2D eigenvalue weighted by atomic mass is 10.2. The summed E-state index contributed by atoms with van der Waals surface area (Å²) in [5.41, 5.74) is 1.96. The molecule has 1 N–H and O–H groups in total. The summed E-state index contributed by atoms with van der Waals surface area (Å²) < 4.78 is 0. The Kier molecular flexibility index (Phi) is 6.00. The number of fused-ring (bicyclic) bond motifs is 1. The Labute approximate surface area is 173 Å². The van der Waals surface area contributed by atoms with E-state index >= 15 is 0 Å². The van der Waals surface area contributed by atoms with Gasteiger partial charge in [-0.05, 0) is 17.7 Å². The van der Waals surface area contributed by atoms with Crippen molar-refractivity contribution in [2.75, 3.05) is 31.1 Å². The predicted octanol–water partition coefficient (Wildman–Crippen LogP) is 2.44. The maximum atomic E-state index is 12.5. The Morgan fingerprint density at radius 3 is 2.55 bits per heavy atom. The molecule has 29 heavy (non-hydrogen) atoms. The summed E-state index contributed by atoms with van der Waals surface area (Å²) in [6.07, 6.45) is 2.23. The monoisotopic (exact) mass is 409 g/mol. The lowest BCUT2D eigenvalue weighted by molar-refractivity contribution is -0.133. The van der Waals surface area contributed by atoms with E-state index in [1.54, 1.807) is 17.5 Å². The molecule has 0 radical (unpaired) electrons. The van der Waals surface area contributed by atoms with Crippen LogP contribution in [-0.2, 0) is 16.1 Å². The number of carbonyl (C=O) groups is 2. The quantitative estimate of drug-likeness (QED) is 0.677. The number of hydrogen-bond donors (Lipinski definition) is 1. The second-order valence-electron chi connectivity index (χ2n) is 6.95. The number of carbonyl (C=O) groups excluding carboxylic acids is 2. The van der Waals surface area contributed by atoms with E-state index in [1.807, 2.05) is 47.4 Å². The van der Waals surface area contributed by atoms with Crippen LogP contribution in [0.25, 0.3) is 10.3 Å². The van der Waals surface area contributed by atoms with Gasteiger partial charge >= 0.3 is 0 Å². The summed E-state index contributed by atoms with van der Waals surface area (Å²) in [5, 5.41) is 3.82. The number of hydrogen-bond acceptors (Lipinski definition) is 6. The summed E-state index contributed by atoms with van der Waals surface area (Å²) >= 11 is 1.58. The minimum absolute atomic E-state index is 0.0328. The van der Waals surface area contributed by atoms with Crippen LogP contribution >= 0.6 is 11.3 Å². The fourth-order valence-electron chi connectivity index (χ4n) is 3.30. The van der Waals surface area contributed by atoms with Crippen LogP contribution in [-0.4, -0.2) is 52.9 Å². The first-order valence-corrected chi connectivity index (χ1v) is 10.6. The fraction of sp³-hybridized carbons (Fsp3) is 0.333. The van der Waals surface area contributed by atoms with Crippen LogP contribution in [0.1, 0.15) is 18.4 Å². The van der Waals surface area contributed by atoms with Crippen molar-refractivity contribution in [3.8, 4) is 0 Å². The van der Waals surface area contributed by atoms with Gasteiger partial charge in [0.1, 0.15) is 10.3 Å². The zero-order valence-corrected chi connectivity index (χ0v) is 16.9. The molecule has 3 heterocycles. The van der Waals surface area contributed by atoms with Crippen LogP contribution in [0.3, 0.4) is 0 Å². The highest BCUT2D eigenvalue weighted by Crippen LogP contribution is 2.27. The van der Waals surface area contributed by atoms with Crippen molar-refractivity contribution in [3.05, 3.63) is 54.2 Å². The molecule has 1 aliphatic heterocycles. The van der Waals surface area contributed by atoms with Crippen molar-refractivity contribution >= 4 is 38.6 Å². The summed E-state index contributed by atoms with van der Waals surface area (Å²) in [6.45, 7) is 3.27. The number of nitrogens with zero attached hydrogens (tertiary/aromatic N) is 4. The molecule has 2 aromatic heterocycles. The lowest BCUT2D eigenvalue weighted by Gasteiger charge is -2.34. The first kappa shape index (κ1) is 19.3. The predicted molar refractivity (Wildman–Crippen MR) is 114 cm³/mol. The van der Waals surface area contributed by atoms with Crippen molar-refractivity contribution in [1.82, 2.24) is 20.2 Å². The zero-order chi connectivity index (χ0) is 20.1. The van der Waals surface area contributed by atoms with E-state index in [2.05, 4.69) is 20.2 Å². The van der Waals surface area contributed by atoms with E-state index in [4.69, 9.17) is 0 Å². The molecule has 7 nitrogen and oxygen atoms in total. The molecule has 1 saturated heterocycles. The number of nitrogens with one attached hydrogen (secondary N) is 1. The average molecular weight is 410 g/mol. The number of anilines is 1. The molecule has 1 aliphatic rings. The zero-order valence-electron chi connectivity index (χ0n) is 16.1. The van der Waals surface area contributed by atoms with Gasteiger partial charge in [0.2, 0.25) is 11.8 Å². The number of rotatable bonds is 6. The highest BCUT2D eigenvalue weighted by atomic mass is 32.1. The van der Waals surface area contributed by atoms with Crippen molar-refractivity contribution in [2.24, 2.45) is 0 Å². The third-order valence-electron chi connectivity index (χ3n) is 4.96. The average Bonchev–Trinajstić information content (AvgIpc) is 3.21. The molecule has 0 bridgehead atoms. The number of aromatic nitrogens is 2. The number of thiazole rings is 1. The molecule has 2 amide bonds. The number of amides is 2. The summed E-state index contributed by atoms with van der Waals surface area (Å²) in [7, 11) is 0. The molecule has 0 unspecified atom stereocenters. The van der Waals surface area contributed by atoms with Crippen LogP contribution in [0, 0.1) is 0 Å². The highest BCUT2D eigenvalue weighted by Gasteiger charge is 2.23. The Bertz CT molecular complexity index is 950. The molecule has 4 rings (SSSR count). The number of pyridine rings is 1. The van der Waals surface area contributed by atoms with E-state index in [-0.39, 0.29) is 24.7 Å². The Hall–Kier alpha value is -3.00. The van der Waals surface area contributed by atoms with E-state index < -0.39 is 0 Å². The second-order valence-corrected chi connectivity index (χ2v) is 7.91. The molecular weight excluding hydrogens is 386 g/mol. The van der Waals surface area contributed by atoms with Crippen molar-refractivity contribution < 1.29 is 9.59 Å². The van der Waals surface area contributed by atoms with Crippen LogP contribution in [0.15, 0.2) is 48.7 Å². The first-order chi connectivity index (χ1) is 14.2. The van der Waals surface area contributed by atoms with Crippen molar-refractivity contribution in [2.45, 2.75) is 19.4 Å². The van der Waals surface area contributed by atoms with Gasteiger partial charge in [-0.2, -0.15) is 0 Å². The van der Waals surface area contributed by atoms with E-state index in [0.29, 0.717) is 19.6 Å². The maximum absolute atomic E-state index is 12.5. The standard InChI is InChI=1S/C21H23N5O2S/c27-18(23-15-16-5-2-1-3-6-16)8-9-19(28)25-11-13-26(14-12-25)21-24-17-7-4-10-22-20(17)29-21/h1-7,10H,8-9,11-15H2,(H,23,27). The smallest absolute Gasteiger partial charge is 0.223 e. The molecule has 0 spiro atoms. The molecule has 1 fully saturated rings. The van der Waals surface area contributed by atoms with Gasteiger partial charge in [0.15, 0.2) is 5.13 Å². The number of piperazine rings is 1. The highest BCUT2D eigenvalue weighted by molar-refractivity contribution is 7.21. The van der Waals surface area contributed by atoms with E-state index in [1.165, 1.54) is 0 Å². The van der Waals surface area contributed by atoms with Gasteiger partial charge in [0, 0.05) is 51.8 Å². The Balaban J connectivity index is 1.21. The molecule has 8 heteroatoms. The minimum atomic E-state index is -0.0946. The van der Waals surface area contributed by atoms with E-state index in [0.717, 1.165) is 34.1 Å². The Morgan fingerprint density at radius 2 is 1.79 bits per heavy atom. The van der Waals surface area contributed by atoms with Crippen molar-refractivity contribution in [1.29, 1.82) is 0 Å². The van der Waals surface area contributed by atoms with Gasteiger partial charge in [-0.25, -0.2) is 9.97 Å². The summed E-state index contributed by atoms with van der Waals surface area (Å²) in [5.74, 6) is -0.0618. The van der Waals surface area contributed by atoms with Gasteiger partial charge in [-0.3, -0.25) is 9.59 Å². The third kappa shape index (κ3) is 4.89. The molecule has 0 atom stereocenters. The molecule has 150 valence electrons. The molecule has 0 saturated carbocycles. The van der Waals surface area contributed by atoms with Crippen LogP contribution in [0.5, 0.6) is 0 Å². The summed E-state index contributed by atoms with van der Waals surface area (Å²) in [4.78, 5) is 38.4. The fourth-order valence-corrected chi connectivity index (χ4v) is 4.26.